The number of nitrogens with zero attached hydrogens (tertiary/aromatic N) is 1. The van der Waals surface area contributed by atoms with Gasteiger partial charge in [0.05, 0.1) is 10.9 Å². The van der Waals surface area contributed by atoms with Gasteiger partial charge < -0.3 is 10.6 Å². The highest BCUT2D eigenvalue weighted by molar-refractivity contribution is 7.89. The molecule has 26 heavy (non-hydrogen) atoms. The molecule has 144 valence electrons. The Morgan fingerprint density at radius 3 is 2.31 bits per heavy atom. The van der Waals surface area contributed by atoms with Crippen LogP contribution < -0.4 is 10.6 Å². The number of benzene rings is 1. The van der Waals surface area contributed by atoms with Gasteiger partial charge in [-0.05, 0) is 56.2 Å². The number of carbonyl (C=O) groups excluding carboxylic acids is 1. The number of carbonyl (C=O) groups is 1. The Morgan fingerprint density at radius 2 is 1.77 bits per heavy atom. The van der Waals surface area contributed by atoms with Crippen molar-refractivity contribution in [3.8, 4) is 0 Å². The van der Waals surface area contributed by atoms with Gasteiger partial charge in [0.2, 0.25) is 15.9 Å². The first-order valence-electron chi connectivity index (χ1n) is 9.33. The van der Waals surface area contributed by atoms with Crippen molar-refractivity contribution in [3.05, 3.63) is 29.8 Å². The second-order valence-corrected chi connectivity index (χ2v) is 9.98. The van der Waals surface area contributed by atoms with E-state index in [2.05, 4.69) is 10.6 Å². The number of sulfonamides is 1. The zero-order chi connectivity index (χ0) is 18.9. The second kappa shape index (κ2) is 7.66. The first-order valence-corrected chi connectivity index (χ1v) is 10.8. The van der Waals surface area contributed by atoms with Gasteiger partial charge in [-0.1, -0.05) is 12.1 Å². The molecule has 2 N–H and O–H groups in total. The van der Waals surface area contributed by atoms with E-state index in [1.807, 2.05) is 6.92 Å². The highest BCUT2D eigenvalue weighted by Crippen LogP contribution is 2.32. The average Bonchev–Trinajstić information content (AvgIpc) is 2.93. The van der Waals surface area contributed by atoms with Crippen LogP contribution in [0.1, 0.15) is 50.6 Å². The minimum Gasteiger partial charge on any atom is -0.350 e. The molecule has 1 aromatic rings. The molecule has 1 aromatic carbocycles. The minimum absolute atomic E-state index is 0.0776. The quantitative estimate of drug-likeness (QED) is 0.793. The summed E-state index contributed by atoms with van der Waals surface area (Å²) in [4.78, 5) is 12.7. The largest absolute Gasteiger partial charge is 0.350 e. The van der Waals surface area contributed by atoms with Crippen LogP contribution in [0.15, 0.2) is 29.2 Å². The summed E-state index contributed by atoms with van der Waals surface area (Å²) in [5, 5.41) is 6.66. The third-order valence-electron chi connectivity index (χ3n) is 5.58. The summed E-state index contributed by atoms with van der Waals surface area (Å²) in [6, 6.07) is 7.77. The van der Waals surface area contributed by atoms with Crippen molar-refractivity contribution in [2.75, 3.05) is 14.1 Å². The summed E-state index contributed by atoms with van der Waals surface area (Å²) in [6.07, 6.45) is 5.24. The number of nitrogens with one attached hydrogen (secondary N) is 2. The van der Waals surface area contributed by atoms with E-state index in [-0.39, 0.29) is 16.8 Å². The van der Waals surface area contributed by atoms with E-state index in [1.165, 1.54) is 31.2 Å². The smallest absolute Gasteiger partial charge is 0.242 e. The molecule has 2 saturated heterocycles. The van der Waals surface area contributed by atoms with Crippen molar-refractivity contribution in [2.45, 2.75) is 62.0 Å². The topological polar surface area (TPSA) is 78.5 Å². The van der Waals surface area contributed by atoms with Crippen LogP contribution in [0.3, 0.4) is 0 Å². The molecular weight excluding hydrogens is 350 g/mol. The van der Waals surface area contributed by atoms with E-state index >= 15 is 0 Å². The highest BCUT2D eigenvalue weighted by atomic mass is 32.2. The van der Waals surface area contributed by atoms with Gasteiger partial charge in [0.25, 0.3) is 0 Å². The molecule has 1 amide bonds. The van der Waals surface area contributed by atoms with Crippen molar-refractivity contribution in [1.82, 2.24) is 14.9 Å². The Kier molecular flexibility index (Phi) is 5.69. The lowest BCUT2D eigenvalue weighted by Gasteiger charge is -2.29. The zero-order valence-electron chi connectivity index (χ0n) is 15.7. The molecule has 2 fully saturated rings. The molecule has 0 aromatic heterocycles. The molecule has 6 nitrogen and oxygen atoms in total. The lowest BCUT2D eigenvalue weighted by Crippen LogP contribution is -2.40. The third kappa shape index (κ3) is 4.27. The molecule has 3 unspecified atom stereocenters. The fraction of sp³-hybridized carbons (Fsp3) is 0.632. The van der Waals surface area contributed by atoms with E-state index in [0.29, 0.717) is 24.4 Å². The van der Waals surface area contributed by atoms with E-state index in [0.717, 1.165) is 18.4 Å². The van der Waals surface area contributed by atoms with Gasteiger partial charge in [-0.3, -0.25) is 4.79 Å². The molecule has 2 aliphatic heterocycles. The maximum absolute atomic E-state index is 12.4. The van der Waals surface area contributed by atoms with E-state index in [9.17, 15) is 13.2 Å². The fourth-order valence-corrected chi connectivity index (χ4v) is 5.03. The molecule has 0 spiro atoms. The Bertz CT molecular complexity index is 734. The van der Waals surface area contributed by atoms with Gasteiger partial charge >= 0.3 is 0 Å². The molecular formula is C19H29N3O3S. The van der Waals surface area contributed by atoms with Crippen molar-refractivity contribution in [2.24, 2.45) is 5.92 Å². The van der Waals surface area contributed by atoms with Gasteiger partial charge in [0.1, 0.15) is 0 Å². The number of rotatable bonds is 6. The van der Waals surface area contributed by atoms with Gasteiger partial charge in [-0.15, -0.1) is 0 Å². The normalized spacial score (nSPS) is 26.7. The van der Waals surface area contributed by atoms with E-state index in [4.69, 9.17) is 0 Å². The van der Waals surface area contributed by atoms with Crippen molar-refractivity contribution < 1.29 is 13.2 Å². The van der Waals surface area contributed by atoms with Crippen LogP contribution in [0.4, 0.5) is 0 Å². The van der Waals surface area contributed by atoms with Crippen molar-refractivity contribution in [3.63, 3.8) is 0 Å². The number of hydrogen-bond acceptors (Lipinski definition) is 4. The van der Waals surface area contributed by atoms with E-state index < -0.39 is 10.0 Å². The Morgan fingerprint density at radius 1 is 1.19 bits per heavy atom. The van der Waals surface area contributed by atoms with Crippen LogP contribution in [-0.2, 0) is 14.8 Å². The maximum Gasteiger partial charge on any atom is 0.242 e. The highest BCUT2D eigenvalue weighted by Gasteiger charge is 2.34. The molecule has 0 aliphatic carbocycles. The van der Waals surface area contributed by atoms with Crippen LogP contribution in [0.25, 0.3) is 0 Å². The standard InChI is InChI=1S/C19H29N3O3S/c1-13(15-4-8-18(9-5-15)26(24,25)22(2)3)20-19(23)12-14-10-16-6-7-17(11-14)21-16/h4-5,8-9,13-14,16-17,21H,6-7,10-12H2,1-3H3,(H,20,23). The fourth-order valence-electron chi connectivity index (χ4n) is 4.13. The summed E-state index contributed by atoms with van der Waals surface area (Å²) in [7, 11) is -0.400. The van der Waals surface area contributed by atoms with Gasteiger partial charge in [0.15, 0.2) is 0 Å². The lowest BCUT2D eigenvalue weighted by molar-refractivity contribution is -0.122. The van der Waals surface area contributed by atoms with Crippen LogP contribution in [0.5, 0.6) is 0 Å². The Hall–Kier alpha value is -1.44. The van der Waals surface area contributed by atoms with Gasteiger partial charge in [0, 0.05) is 32.6 Å². The predicted molar refractivity (Wildman–Crippen MR) is 101 cm³/mol. The van der Waals surface area contributed by atoms with Crippen molar-refractivity contribution in [1.29, 1.82) is 0 Å². The summed E-state index contributed by atoms with van der Waals surface area (Å²) in [6.45, 7) is 1.93. The number of fused-ring (bicyclic) bond motifs is 2. The summed E-state index contributed by atoms with van der Waals surface area (Å²) in [5.41, 5.74) is 0.904. The van der Waals surface area contributed by atoms with E-state index in [1.54, 1.807) is 24.3 Å². The summed E-state index contributed by atoms with van der Waals surface area (Å²) in [5.74, 6) is 0.544. The summed E-state index contributed by atoms with van der Waals surface area (Å²) < 4.78 is 25.4. The van der Waals surface area contributed by atoms with Crippen molar-refractivity contribution >= 4 is 15.9 Å². The summed E-state index contributed by atoms with van der Waals surface area (Å²) >= 11 is 0. The van der Waals surface area contributed by atoms with Crippen LogP contribution in [-0.4, -0.2) is 44.8 Å². The molecule has 3 atom stereocenters. The number of amides is 1. The molecule has 3 rings (SSSR count). The zero-order valence-corrected chi connectivity index (χ0v) is 16.6. The molecule has 0 radical (unpaired) electrons. The average molecular weight is 380 g/mol. The number of piperidine rings is 1. The first kappa shape index (κ1) is 19.3. The molecule has 0 saturated carbocycles. The Labute approximate surface area is 156 Å². The first-order chi connectivity index (χ1) is 12.3. The lowest BCUT2D eigenvalue weighted by atomic mass is 9.89. The molecule has 2 heterocycles. The third-order valence-corrected chi connectivity index (χ3v) is 7.41. The van der Waals surface area contributed by atoms with Crippen LogP contribution in [0.2, 0.25) is 0 Å². The van der Waals surface area contributed by atoms with Crippen LogP contribution >= 0.6 is 0 Å². The number of hydrogen-bond donors (Lipinski definition) is 2. The van der Waals surface area contributed by atoms with Crippen LogP contribution in [0, 0.1) is 5.92 Å². The SMILES string of the molecule is CC(NC(=O)CC1CC2CCC(C1)N2)c1ccc(S(=O)(=O)N(C)C)cc1. The minimum atomic E-state index is -3.43. The monoisotopic (exact) mass is 379 g/mol. The molecule has 2 bridgehead atoms. The molecule has 2 aliphatic rings. The van der Waals surface area contributed by atoms with Gasteiger partial charge in [-0.25, -0.2) is 12.7 Å². The van der Waals surface area contributed by atoms with Gasteiger partial charge in [-0.2, -0.15) is 0 Å². The second-order valence-electron chi connectivity index (χ2n) is 7.83. The Balaban J connectivity index is 1.56. The molecule has 7 heteroatoms. The maximum atomic E-state index is 12.4. The predicted octanol–water partition coefficient (Wildman–Crippen LogP) is 2.03.